The zero-order chi connectivity index (χ0) is 13.5. The second-order valence-electron chi connectivity index (χ2n) is 4.57. The molecular weight excluding hydrogens is 250 g/mol. The summed E-state index contributed by atoms with van der Waals surface area (Å²) in [5.74, 6) is 0.0594. The average molecular weight is 270 g/mol. The number of benzene rings is 1. The Morgan fingerprint density at radius 1 is 1.44 bits per heavy atom. The molecule has 0 bridgehead atoms. The summed E-state index contributed by atoms with van der Waals surface area (Å²) < 4.78 is 0. The van der Waals surface area contributed by atoms with Crippen molar-refractivity contribution in [3.63, 3.8) is 0 Å². The van der Waals surface area contributed by atoms with Gasteiger partial charge in [-0.25, -0.2) is 0 Å². The Balaban J connectivity index is 2.66. The minimum atomic E-state index is 0.0594. The lowest BCUT2D eigenvalue weighted by Crippen LogP contribution is -2.36. The zero-order valence-corrected chi connectivity index (χ0v) is 11.7. The van der Waals surface area contributed by atoms with Crippen molar-refractivity contribution in [1.29, 1.82) is 0 Å². The zero-order valence-electron chi connectivity index (χ0n) is 10.9. The number of hydrogen-bond acceptors (Lipinski definition) is 3. The molecule has 0 saturated carbocycles. The molecule has 1 rings (SSSR count). The fraction of sp³-hybridized carbons (Fsp3) is 0.500. The van der Waals surface area contributed by atoms with Crippen LogP contribution in [0.1, 0.15) is 30.6 Å². The van der Waals surface area contributed by atoms with Gasteiger partial charge in [0.2, 0.25) is 0 Å². The molecule has 0 heterocycles. The minimum Gasteiger partial charge on any atom is -0.396 e. The van der Waals surface area contributed by atoms with Gasteiger partial charge >= 0.3 is 0 Å². The molecule has 0 aliphatic heterocycles. The highest BCUT2D eigenvalue weighted by atomic mass is 35.5. The molecule has 0 radical (unpaired) electrons. The number of aliphatic hydroxyl groups is 1. The number of carbonyl (C=O) groups excluding carboxylic acids is 1. The van der Waals surface area contributed by atoms with Crippen molar-refractivity contribution in [2.75, 3.05) is 19.7 Å². The van der Waals surface area contributed by atoms with Gasteiger partial charge in [0.05, 0.1) is 6.54 Å². The highest BCUT2D eigenvalue weighted by Gasteiger charge is 2.15. The third-order valence-corrected chi connectivity index (χ3v) is 3.06. The molecule has 0 aromatic heterocycles. The van der Waals surface area contributed by atoms with Gasteiger partial charge < -0.3 is 5.11 Å². The van der Waals surface area contributed by atoms with E-state index in [2.05, 4.69) is 4.90 Å². The van der Waals surface area contributed by atoms with Crippen LogP contribution in [-0.2, 0) is 0 Å². The molecule has 0 fully saturated rings. The molecule has 0 aliphatic rings. The summed E-state index contributed by atoms with van der Waals surface area (Å²) >= 11 is 5.87. The lowest BCUT2D eigenvalue weighted by Gasteiger charge is -2.25. The average Bonchev–Trinajstić information content (AvgIpc) is 2.33. The van der Waals surface area contributed by atoms with Gasteiger partial charge in [-0.1, -0.05) is 23.7 Å². The van der Waals surface area contributed by atoms with Gasteiger partial charge in [0, 0.05) is 29.8 Å². The first-order valence-corrected chi connectivity index (χ1v) is 6.56. The van der Waals surface area contributed by atoms with E-state index in [1.807, 2.05) is 13.8 Å². The van der Waals surface area contributed by atoms with E-state index in [4.69, 9.17) is 16.7 Å². The van der Waals surface area contributed by atoms with Crippen LogP contribution in [0.2, 0.25) is 5.02 Å². The number of halogens is 1. The summed E-state index contributed by atoms with van der Waals surface area (Å²) in [6.07, 6.45) is 0.682. The number of carbonyl (C=O) groups is 1. The molecule has 0 atom stereocenters. The SMILES string of the molecule is CC(C)N(CCCO)CC(=O)c1cccc(Cl)c1. The van der Waals surface area contributed by atoms with Gasteiger partial charge in [0.1, 0.15) is 0 Å². The van der Waals surface area contributed by atoms with Crippen molar-refractivity contribution in [3.05, 3.63) is 34.9 Å². The molecule has 1 aromatic carbocycles. The van der Waals surface area contributed by atoms with Crippen LogP contribution in [0, 0.1) is 0 Å². The Morgan fingerprint density at radius 2 is 2.17 bits per heavy atom. The predicted octanol–water partition coefficient (Wildman–Crippen LogP) is 2.62. The van der Waals surface area contributed by atoms with Crippen molar-refractivity contribution < 1.29 is 9.90 Å². The number of aliphatic hydroxyl groups excluding tert-OH is 1. The van der Waals surface area contributed by atoms with Crippen LogP contribution in [-0.4, -0.2) is 41.5 Å². The van der Waals surface area contributed by atoms with Crippen LogP contribution in [0.15, 0.2) is 24.3 Å². The van der Waals surface area contributed by atoms with Crippen molar-refractivity contribution in [3.8, 4) is 0 Å². The van der Waals surface area contributed by atoms with Crippen LogP contribution >= 0.6 is 11.6 Å². The van der Waals surface area contributed by atoms with Crippen LogP contribution in [0.3, 0.4) is 0 Å². The Labute approximate surface area is 113 Å². The van der Waals surface area contributed by atoms with E-state index in [1.54, 1.807) is 24.3 Å². The standard InChI is InChI=1S/C14H20ClNO2/c1-11(2)16(7-4-8-17)10-14(18)12-5-3-6-13(15)9-12/h3,5-6,9,11,17H,4,7-8,10H2,1-2H3. The van der Waals surface area contributed by atoms with Crippen LogP contribution in [0.25, 0.3) is 0 Å². The topological polar surface area (TPSA) is 40.5 Å². The van der Waals surface area contributed by atoms with Gasteiger partial charge in [-0.3, -0.25) is 9.69 Å². The summed E-state index contributed by atoms with van der Waals surface area (Å²) in [4.78, 5) is 14.2. The summed E-state index contributed by atoms with van der Waals surface area (Å²) in [6, 6.07) is 7.28. The molecule has 0 unspecified atom stereocenters. The number of nitrogens with zero attached hydrogens (tertiary/aromatic N) is 1. The normalized spacial score (nSPS) is 11.2. The maximum absolute atomic E-state index is 12.1. The Hall–Kier alpha value is -0.900. The van der Waals surface area contributed by atoms with E-state index in [-0.39, 0.29) is 18.4 Å². The van der Waals surface area contributed by atoms with Crippen molar-refractivity contribution >= 4 is 17.4 Å². The second kappa shape index (κ2) is 7.52. The van der Waals surface area contributed by atoms with Crippen molar-refractivity contribution in [2.24, 2.45) is 0 Å². The van der Waals surface area contributed by atoms with Gasteiger partial charge in [-0.05, 0) is 32.4 Å². The van der Waals surface area contributed by atoms with Crippen LogP contribution in [0.5, 0.6) is 0 Å². The Bertz CT molecular complexity index is 393. The maximum atomic E-state index is 12.1. The van der Waals surface area contributed by atoms with Gasteiger partial charge in [0.15, 0.2) is 5.78 Å². The first kappa shape index (κ1) is 15.2. The first-order valence-electron chi connectivity index (χ1n) is 6.18. The first-order chi connectivity index (χ1) is 8.54. The predicted molar refractivity (Wildman–Crippen MR) is 74.2 cm³/mol. The number of ketones is 1. The molecule has 18 heavy (non-hydrogen) atoms. The van der Waals surface area contributed by atoms with Gasteiger partial charge in [-0.2, -0.15) is 0 Å². The number of rotatable bonds is 7. The largest absolute Gasteiger partial charge is 0.396 e. The Kier molecular flexibility index (Phi) is 6.33. The maximum Gasteiger partial charge on any atom is 0.176 e. The fourth-order valence-electron chi connectivity index (χ4n) is 1.73. The molecule has 0 aliphatic carbocycles. The molecule has 1 aromatic rings. The van der Waals surface area contributed by atoms with Crippen LogP contribution in [0.4, 0.5) is 0 Å². The van der Waals surface area contributed by atoms with E-state index in [1.165, 1.54) is 0 Å². The molecule has 0 amide bonds. The quantitative estimate of drug-likeness (QED) is 0.774. The van der Waals surface area contributed by atoms with Gasteiger partial charge in [-0.15, -0.1) is 0 Å². The molecule has 100 valence electrons. The lowest BCUT2D eigenvalue weighted by atomic mass is 10.1. The van der Waals surface area contributed by atoms with E-state index in [0.717, 1.165) is 6.54 Å². The fourth-order valence-corrected chi connectivity index (χ4v) is 1.92. The van der Waals surface area contributed by atoms with E-state index >= 15 is 0 Å². The highest BCUT2D eigenvalue weighted by molar-refractivity contribution is 6.31. The third kappa shape index (κ3) is 4.77. The summed E-state index contributed by atoms with van der Waals surface area (Å²) in [5.41, 5.74) is 0.636. The second-order valence-corrected chi connectivity index (χ2v) is 5.01. The van der Waals surface area contributed by atoms with Crippen LogP contribution < -0.4 is 0 Å². The van der Waals surface area contributed by atoms with E-state index < -0.39 is 0 Å². The molecule has 0 spiro atoms. The monoisotopic (exact) mass is 269 g/mol. The molecule has 0 saturated heterocycles. The number of hydrogen-bond donors (Lipinski definition) is 1. The third-order valence-electron chi connectivity index (χ3n) is 2.83. The Morgan fingerprint density at radius 3 is 2.72 bits per heavy atom. The van der Waals surface area contributed by atoms with E-state index in [9.17, 15) is 4.79 Å². The molecule has 4 heteroatoms. The van der Waals surface area contributed by atoms with E-state index in [0.29, 0.717) is 23.6 Å². The molecular formula is C14H20ClNO2. The summed E-state index contributed by atoms with van der Waals surface area (Å²) in [7, 11) is 0. The summed E-state index contributed by atoms with van der Waals surface area (Å²) in [6.45, 7) is 5.32. The molecule has 3 nitrogen and oxygen atoms in total. The highest BCUT2D eigenvalue weighted by Crippen LogP contribution is 2.12. The number of Topliss-reactive ketones (excluding diaryl/α,β-unsaturated/α-hetero) is 1. The smallest absolute Gasteiger partial charge is 0.176 e. The van der Waals surface area contributed by atoms with Crippen molar-refractivity contribution in [1.82, 2.24) is 4.90 Å². The minimum absolute atomic E-state index is 0.0594. The summed E-state index contributed by atoms with van der Waals surface area (Å²) in [5, 5.41) is 9.43. The van der Waals surface area contributed by atoms with Gasteiger partial charge in [0.25, 0.3) is 0 Å². The van der Waals surface area contributed by atoms with Crippen molar-refractivity contribution in [2.45, 2.75) is 26.3 Å². The molecule has 1 N–H and O–H groups in total. The lowest BCUT2D eigenvalue weighted by molar-refractivity contribution is 0.0896.